The molecule has 1 N–H and O–H groups in total. The van der Waals surface area contributed by atoms with Gasteiger partial charge in [0.2, 0.25) is 0 Å². The largest absolute Gasteiger partial charge is 0.378 e. The molecular weight excluding hydrogens is 336 g/mol. The highest BCUT2D eigenvalue weighted by atomic mass is 16.5. The zero-order valence-corrected chi connectivity index (χ0v) is 16.8. The smallest absolute Gasteiger partial charge is 0.0724 e. The summed E-state index contributed by atoms with van der Waals surface area (Å²) in [7, 11) is 0. The van der Waals surface area contributed by atoms with Crippen LogP contribution in [0, 0.1) is 0 Å². The van der Waals surface area contributed by atoms with E-state index in [0.29, 0.717) is 6.61 Å². The van der Waals surface area contributed by atoms with Crippen molar-refractivity contribution in [1.29, 1.82) is 0 Å². The minimum atomic E-state index is -0.114. The van der Waals surface area contributed by atoms with E-state index < -0.39 is 0 Å². The van der Waals surface area contributed by atoms with Crippen LogP contribution in [0.25, 0.3) is 0 Å². The van der Waals surface area contributed by atoms with Crippen molar-refractivity contribution < 1.29 is 9.47 Å². The predicted molar refractivity (Wildman–Crippen MR) is 111 cm³/mol. The van der Waals surface area contributed by atoms with E-state index in [9.17, 15) is 0 Å². The summed E-state index contributed by atoms with van der Waals surface area (Å²) in [5.41, 5.74) is 5.05. The molecular formula is C23H32N2O2. The molecule has 4 nitrogen and oxygen atoms in total. The van der Waals surface area contributed by atoms with Gasteiger partial charge in [-0.1, -0.05) is 42.5 Å². The lowest BCUT2D eigenvalue weighted by Crippen LogP contribution is -2.37. The van der Waals surface area contributed by atoms with Gasteiger partial charge < -0.3 is 19.7 Å². The van der Waals surface area contributed by atoms with Gasteiger partial charge in [-0.15, -0.1) is 0 Å². The Bertz CT molecular complexity index is 718. The first kappa shape index (κ1) is 19.9. The molecule has 1 saturated heterocycles. The fraction of sp³-hybridized carbons (Fsp3) is 0.478. The third-order valence-electron chi connectivity index (χ3n) is 4.65. The summed E-state index contributed by atoms with van der Waals surface area (Å²) >= 11 is 0. The first-order valence-electron chi connectivity index (χ1n) is 9.84. The molecule has 4 heteroatoms. The van der Waals surface area contributed by atoms with Crippen LogP contribution in [0.1, 0.15) is 37.5 Å². The SMILES string of the molecule is CC(C)(C)OCc1cccc(CNCc2ccccc2N2CCOCC2)c1. The molecule has 0 aromatic heterocycles. The topological polar surface area (TPSA) is 33.7 Å². The van der Waals surface area contributed by atoms with E-state index in [0.717, 1.165) is 39.4 Å². The van der Waals surface area contributed by atoms with Crippen molar-refractivity contribution in [2.75, 3.05) is 31.2 Å². The monoisotopic (exact) mass is 368 g/mol. The summed E-state index contributed by atoms with van der Waals surface area (Å²) in [6.45, 7) is 12.2. The van der Waals surface area contributed by atoms with Gasteiger partial charge in [0.15, 0.2) is 0 Å². The van der Waals surface area contributed by atoms with Crippen LogP contribution in [0.4, 0.5) is 5.69 Å². The molecule has 1 aliphatic heterocycles. The third kappa shape index (κ3) is 6.35. The molecule has 3 rings (SSSR count). The Morgan fingerprint density at radius 3 is 2.48 bits per heavy atom. The second-order valence-corrected chi connectivity index (χ2v) is 8.05. The van der Waals surface area contributed by atoms with Crippen molar-refractivity contribution in [2.24, 2.45) is 0 Å². The van der Waals surface area contributed by atoms with Crippen molar-refractivity contribution in [3.8, 4) is 0 Å². The molecule has 1 heterocycles. The molecule has 0 aliphatic carbocycles. The lowest BCUT2D eigenvalue weighted by Gasteiger charge is -2.30. The van der Waals surface area contributed by atoms with Gasteiger partial charge in [-0.05, 0) is 43.5 Å². The van der Waals surface area contributed by atoms with Gasteiger partial charge >= 0.3 is 0 Å². The first-order chi connectivity index (χ1) is 13.0. The molecule has 2 aromatic rings. The van der Waals surface area contributed by atoms with Crippen molar-refractivity contribution in [2.45, 2.75) is 46.1 Å². The number of nitrogens with zero attached hydrogens (tertiary/aromatic N) is 1. The van der Waals surface area contributed by atoms with E-state index in [1.807, 2.05) is 0 Å². The highest BCUT2D eigenvalue weighted by Gasteiger charge is 2.14. The van der Waals surface area contributed by atoms with Gasteiger partial charge in [-0.3, -0.25) is 0 Å². The first-order valence-corrected chi connectivity index (χ1v) is 9.84. The summed E-state index contributed by atoms with van der Waals surface area (Å²) < 4.78 is 11.4. The molecule has 0 amide bonds. The number of para-hydroxylation sites is 1. The van der Waals surface area contributed by atoms with E-state index >= 15 is 0 Å². The maximum Gasteiger partial charge on any atom is 0.0724 e. The molecule has 1 fully saturated rings. The van der Waals surface area contributed by atoms with Crippen molar-refractivity contribution in [3.05, 3.63) is 65.2 Å². The van der Waals surface area contributed by atoms with E-state index in [1.54, 1.807) is 0 Å². The molecule has 0 spiro atoms. The average Bonchev–Trinajstić information content (AvgIpc) is 2.67. The Balaban J connectivity index is 1.56. The fourth-order valence-electron chi connectivity index (χ4n) is 3.24. The summed E-state index contributed by atoms with van der Waals surface area (Å²) in [6, 6.07) is 17.3. The van der Waals surface area contributed by atoms with Crippen LogP contribution >= 0.6 is 0 Å². The zero-order chi connectivity index (χ0) is 19.1. The maximum absolute atomic E-state index is 5.89. The maximum atomic E-state index is 5.89. The molecule has 27 heavy (non-hydrogen) atoms. The minimum absolute atomic E-state index is 0.114. The molecule has 0 saturated carbocycles. The lowest BCUT2D eigenvalue weighted by molar-refractivity contribution is -0.0149. The lowest BCUT2D eigenvalue weighted by atomic mass is 10.1. The Labute approximate surface area is 163 Å². The number of benzene rings is 2. The van der Waals surface area contributed by atoms with Gasteiger partial charge in [-0.25, -0.2) is 0 Å². The molecule has 0 bridgehead atoms. The average molecular weight is 369 g/mol. The van der Waals surface area contributed by atoms with E-state index in [4.69, 9.17) is 9.47 Å². The van der Waals surface area contributed by atoms with Gasteiger partial charge in [0, 0.05) is 31.9 Å². The zero-order valence-electron chi connectivity index (χ0n) is 16.8. The quantitative estimate of drug-likeness (QED) is 0.797. The van der Waals surface area contributed by atoms with Crippen molar-refractivity contribution in [1.82, 2.24) is 5.32 Å². The molecule has 1 aliphatic rings. The summed E-state index contributed by atoms with van der Waals surface area (Å²) in [4.78, 5) is 2.42. The van der Waals surface area contributed by atoms with Gasteiger partial charge in [0.25, 0.3) is 0 Å². The number of rotatable bonds is 7. The van der Waals surface area contributed by atoms with Crippen LogP contribution in [0.3, 0.4) is 0 Å². The van der Waals surface area contributed by atoms with Gasteiger partial charge in [0.05, 0.1) is 25.4 Å². The number of ether oxygens (including phenoxy) is 2. The summed E-state index contributed by atoms with van der Waals surface area (Å²) in [5.74, 6) is 0. The molecule has 2 aromatic carbocycles. The Kier molecular flexibility index (Phi) is 6.89. The summed E-state index contributed by atoms with van der Waals surface area (Å²) in [5, 5.41) is 3.60. The number of hydrogen-bond donors (Lipinski definition) is 1. The van der Waals surface area contributed by atoms with E-state index in [1.165, 1.54) is 22.4 Å². The third-order valence-corrected chi connectivity index (χ3v) is 4.65. The Morgan fingerprint density at radius 1 is 0.963 bits per heavy atom. The van der Waals surface area contributed by atoms with Gasteiger partial charge in [-0.2, -0.15) is 0 Å². The second-order valence-electron chi connectivity index (χ2n) is 8.05. The van der Waals surface area contributed by atoms with E-state index in [2.05, 4.69) is 79.5 Å². The number of anilines is 1. The normalized spacial score (nSPS) is 15.1. The predicted octanol–water partition coefficient (Wildman–Crippen LogP) is 4.13. The van der Waals surface area contributed by atoms with Crippen LogP contribution in [-0.2, 0) is 29.2 Å². The molecule has 146 valence electrons. The second kappa shape index (κ2) is 9.36. The number of nitrogens with one attached hydrogen (secondary N) is 1. The molecule has 0 atom stereocenters. The highest BCUT2D eigenvalue weighted by molar-refractivity contribution is 5.53. The minimum Gasteiger partial charge on any atom is -0.378 e. The van der Waals surface area contributed by atoms with Crippen molar-refractivity contribution >= 4 is 5.69 Å². The van der Waals surface area contributed by atoms with E-state index in [-0.39, 0.29) is 5.60 Å². The van der Waals surface area contributed by atoms with Crippen LogP contribution in [-0.4, -0.2) is 31.9 Å². The number of hydrogen-bond acceptors (Lipinski definition) is 4. The number of morpholine rings is 1. The standard InChI is InChI=1S/C23H32N2O2/c1-23(2,3)27-18-20-8-6-7-19(15-20)16-24-17-21-9-4-5-10-22(21)25-11-13-26-14-12-25/h4-10,15,24H,11-14,16-18H2,1-3H3. The molecule has 0 radical (unpaired) electrons. The van der Waals surface area contributed by atoms with Crippen LogP contribution in [0.2, 0.25) is 0 Å². The summed E-state index contributed by atoms with van der Waals surface area (Å²) in [6.07, 6.45) is 0. The van der Waals surface area contributed by atoms with Crippen LogP contribution in [0.15, 0.2) is 48.5 Å². The highest BCUT2D eigenvalue weighted by Crippen LogP contribution is 2.21. The van der Waals surface area contributed by atoms with Crippen LogP contribution in [0.5, 0.6) is 0 Å². The van der Waals surface area contributed by atoms with Crippen molar-refractivity contribution in [3.63, 3.8) is 0 Å². The molecule has 0 unspecified atom stereocenters. The Morgan fingerprint density at radius 2 is 1.70 bits per heavy atom. The van der Waals surface area contributed by atoms with Crippen LogP contribution < -0.4 is 10.2 Å². The fourth-order valence-corrected chi connectivity index (χ4v) is 3.24. The Hall–Kier alpha value is -1.88. The van der Waals surface area contributed by atoms with Gasteiger partial charge in [0.1, 0.15) is 0 Å².